The molecule has 1 fully saturated rings. The number of amides is 1. The van der Waals surface area contributed by atoms with Gasteiger partial charge in [0.1, 0.15) is 11.4 Å². The molecule has 0 radical (unpaired) electrons. The van der Waals surface area contributed by atoms with Gasteiger partial charge in [-0.25, -0.2) is 4.98 Å². The predicted octanol–water partition coefficient (Wildman–Crippen LogP) is 5.07. The van der Waals surface area contributed by atoms with Crippen molar-refractivity contribution in [3.63, 3.8) is 0 Å². The van der Waals surface area contributed by atoms with Crippen molar-refractivity contribution in [3.8, 4) is 11.4 Å². The zero-order chi connectivity index (χ0) is 32.9. The summed E-state index contributed by atoms with van der Waals surface area (Å²) in [4.78, 5) is 21.5. The lowest BCUT2D eigenvalue weighted by molar-refractivity contribution is -0.245. The quantitative estimate of drug-likeness (QED) is 0.168. The van der Waals surface area contributed by atoms with Gasteiger partial charge in [-0.05, 0) is 63.5 Å². The fourth-order valence-electron chi connectivity index (χ4n) is 5.35. The Bertz CT molecular complexity index is 2010. The number of thioether (sulfide) groups is 1. The number of aromatic nitrogens is 6. The number of carbonyl (C=O) groups is 1. The molecule has 3 atom stereocenters. The lowest BCUT2D eigenvalue weighted by Crippen LogP contribution is -2.31. The second-order valence-corrected chi connectivity index (χ2v) is 12.2. The first kappa shape index (κ1) is 31.4. The van der Waals surface area contributed by atoms with Crippen LogP contribution in [0.3, 0.4) is 0 Å². The lowest BCUT2D eigenvalue weighted by Gasteiger charge is -2.36. The van der Waals surface area contributed by atoms with Crippen LogP contribution in [0.15, 0.2) is 108 Å². The standard InChI is InChI=1S/C35H31N7O5S/c43-20-23-7-9-24(10-8-23)32-17-28(21-48-35-39-40-41-42(35)26-13-15-27(44)16-14-26)46-34(47-32)25-11-5-22(6-12-25)18-37-33(45)31-19-36-29-3-1-2-4-30(29)38-31/h1-16,19,28,32,34,43-44H,17-18,20-21H2,(H,37,45). The van der Waals surface area contributed by atoms with Gasteiger partial charge < -0.3 is 25.0 Å². The van der Waals surface area contributed by atoms with Crippen LogP contribution in [0.2, 0.25) is 0 Å². The van der Waals surface area contributed by atoms with Crippen LogP contribution in [0.25, 0.3) is 16.7 Å². The summed E-state index contributed by atoms with van der Waals surface area (Å²) in [6, 6.07) is 29.6. The summed E-state index contributed by atoms with van der Waals surface area (Å²) in [6.45, 7) is 0.282. The molecule has 1 saturated heterocycles. The summed E-state index contributed by atoms with van der Waals surface area (Å²) in [6.07, 6.45) is 0.983. The Morgan fingerprint density at radius 2 is 1.62 bits per heavy atom. The Balaban J connectivity index is 1.04. The van der Waals surface area contributed by atoms with Crippen molar-refractivity contribution in [2.24, 2.45) is 0 Å². The minimum absolute atomic E-state index is 0.0327. The summed E-state index contributed by atoms with van der Waals surface area (Å²) < 4.78 is 14.6. The Morgan fingerprint density at radius 3 is 2.40 bits per heavy atom. The van der Waals surface area contributed by atoms with Crippen LogP contribution in [-0.2, 0) is 22.6 Å². The maximum absolute atomic E-state index is 12.8. The molecule has 0 bridgehead atoms. The zero-order valence-corrected chi connectivity index (χ0v) is 26.4. The molecule has 1 amide bonds. The highest BCUT2D eigenvalue weighted by atomic mass is 32.2. The Morgan fingerprint density at radius 1 is 0.896 bits per heavy atom. The fraction of sp³-hybridized carbons (Fsp3) is 0.200. The van der Waals surface area contributed by atoms with Crippen molar-refractivity contribution >= 4 is 28.7 Å². The maximum Gasteiger partial charge on any atom is 0.271 e. The highest BCUT2D eigenvalue weighted by molar-refractivity contribution is 7.99. The number of hydrogen-bond acceptors (Lipinski definition) is 11. The third kappa shape index (κ3) is 7.19. The van der Waals surface area contributed by atoms with Crippen LogP contribution in [-0.4, -0.2) is 58.2 Å². The number of phenols is 1. The molecule has 242 valence electrons. The second-order valence-electron chi connectivity index (χ2n) is 11.2. The van der Waals surface area contributed by atoms with E-state index in [0.717, 1.165) is 33.5 Å². The van der Waals surface area contributed by atoms with E-state index in [-0.39, 0.29) is 36.2 Å². The van der Waals surface area contributed by atoms with Gasteiger partial charge in [-0.2, -0.15) is 4.68 Å². The van der Waals surface area contributed by atoms with Gasteiger partial charge in [-0.3, -0.25) is 9.78 Å². The predicted molar refractivity (Wildman–Crippen MR) is 177 cm³/mol. The molecule has 0 spiro atoms. The van der Waals surface area contributed by atoms with Gasteiger partial charge in [0, 0.05) is 24.3 Å². The maximum atomic E-state index is 12.8. The summed E-state index contributed by atoms with van der Waals surface area (Å²) in [5.74, 6) is 0.420. The van der Waals surface area contributed by atoms with Crippen LogP contribution in [0.1, 0.15) is 51.6 Å². The van der Waals surface area contributed by atoms with Gasteiger partial charge in [0.2, 0.25) is 5.16 Å². The third-order valence-corrected chi connectivity index (χ3v) is 8.99. The van der Waals surface area contributed by atoms with E-state index in [2.05, 4.69) is 30.8 Å². The van der Waals surface area contributed by atoms with Gasteiger partial charge in [-0.15, -0.1) is 5.10 Å². The average Bonchev–Trinajstić information content (AvgIpc) is 3.62. The first-order valence-electron chi connectivity index (χ1n) is 15.3. The van der Waals surface area contributed by atoms with Crippen molar-refractivity contribution in [1.29, 1.82) is 0 Å². The average molecular weight is 662 g/mol. The molecular weight excluding hydrogens is 630 g/mol. The molecule has 13 heteroatoms. The molecule has 3 N–H and O–H groups in total. The molecule has 7 rings (SSSR count). The van der Waals surface area contributed by atoms with E-state index in [1.165, 1.54) is 18.0 Å². The van der Waals surface area contributed by atoms with Gasteiger partial charge in [-0.1, -0.05) is 72.4 Å². The first-order valence-corrected chi connectivity index (χ1v) is 16.3. The monoisotopic (exact) mass is 661 g/mol. The van der Waals surface area contributed by atoms with Gasteiger partial charge in [0.15, 0.2) is 6.29 Å². The molecular formula is C35H31N7O5S. The number of nitrogens with zero attached hydrogens (tertiary/aromatic N) is 6. The van der Waals surface area contributed by atoms with E-state index >= 15 is 0 Å². The van der Waals surface area contributed by atoms with E-state index in [4.69, 9.17) is 9.47 Å². The number of nitrogens with one attached hydrogen (secondary N) is 1. The minimum Gasteiger partial charge on any atom is -0.508 e. The normalized spacial score (nSPS) is 17.7. The van der Waals surface area contributed by atoms with E-state index in [1.54, 1.807) is 28.9 Å². The molecule has 12 nitrogen and oxygen atoms in total. The van der Waals surface area contributed by atoms with Gasteiger partial charge >= 0.3 is 0 Å². The fourth-order valence-corrected chi connectivity index (χ4v) is 6.26. The Kier molecular flexibility index (Phi) is 9.34. The number of para-hydroxylation sites is 2. The number of hydrogen-bond donors (Lipinski definition) is 3. The van der Waals surface area contributed by atoms with E-state index in [0.29, 0.717) is 29.4 Å². The molecule has 0 aliphatic carbocycles. The topological polar surface area (TPSA) is 157 Å². The van der Waals surface area contributed by atoms with E-state index in [9.17, 15) is 15.0 Å². The molecule has 0 saturated carbocycles. The second kappa shape index (κ2) is 14.3. The number of benzene rings is 4. The van der Waals surface area contributed by atoms with Gasteiger partial charge in [0.05, 0.1) is 41.7 Å². The SMILES string of the molecule is O=C(NCc1ccc(C2OC(CSc3nnnn3-c3ccc(O)cc3)CC(c3ccc(CO)cc3)O2)cc1)c1cnc2ccccc2n1. The summed E-state index contributed by atoms with van der Waals surface area (Å²) in [5.41, 5.74) is 5.94. The van der Waals surface area contributed by atoms with Crippen LogP contribution >= 0.6 is 11.8 Å². The summed E-state index contributed by atoms with van der Waals surface area (Å²) in [7, 11) is 0. The molecule has 1 aliphatic rings. The van der Waals surface area contributed by atoms with E-state index < -0.39 is 6.29 Å². The van der Waals surface area contributed by atoms with Crippen LogP contribution in [0.5, 0.6) is 5.75 Å². The van der Waals surface area contributed by atoms with Crippen molar-refractivity contribution in [1.82, 2.24) is 35.5 Å². The molecule has 6 aromatic rings. The molecule has 4 aromatic carbocycles. The van der Waals surface area contributed by atoms with Crippen molar-refractivity contribution < 1.29 is 24.5 Å². The zero-order valence-electron chi connectivity index (χ0n) is 25.6. The van der Waals surface area contributed by atoms with Crippen molar-refractivity contribution in [2.45, 2.75) is 43.2 Å². The highest BCUT2D eigenvalue weighted by Gasteiger charge is 2.32. The number of phenolic OH excluding ortho intramolecular Hbond substituents is 1. The molecule has 2 aromatic heterocycles. The molecule has 1 aliphatic heterocycles. The number of aliphatic hydroxyl groups excluding tert-OH is 1. The minimum atomic E-state index is -0.642. The number of ether oxygens (including phenoxy) is 2. The highest BCUT2D eigenvalue weighted by Crippen LogP contribution is 2.39. The molecule has 48 heavy (non-hydrogen) atoms. The third-order valence-electron chi connectivity index (χ3n) is 7.93. The summed E-state index contributed by atoms with van der Waals surface area (Å²) in [5, 5.41) is 34.9. The Labute approximate surface area is 279 Å². The first-order chi connectivity index (χ1) is 23.5. The number of fused-ring (bicyclic) bond motifs is 1. The lowest BCUT2D eigenvalue weighted by atomic mass is 10.0. The number of aromatic hydroxyl groups is 1. The van der Waals surface area contributed by atoms with Crippen LogP contribution < -0.4 is 5.32 Å². The number of carbonyl (C=O) groups excluding carboxylic acids is 1. The van der Waals surface area contributed by atoms with E-state index in [1.807, 2.05) is 72.8 Å². The number of rotatable bonds is 10. The van der Waals surface area contributed by atoms with Crippen LogP contribution in [0, 0.1) is 0 Å². The van der Waals surface area contributed by atoms with Crippen molar-refractivity contribution in [2.75, 3.05) is 5.75 Å². The van der Waals surface area contributed by atoms with Crippen LogP contribution in [0.4, 0.5) is 0 Å². The number of aliphatic hydroxyl groups is 1. The Hall–Kier alpha value is -5.21. The molecule has 3 heterocycles. The van der Waals surface area contributed by atoms with Gasteiger partial charge in [0.25, 0.3) is 5.91 Å². The number of tetrazole rings is 1. The van der Waals surface area contributed by atoms with Crippen molar-refractivity contribution in [3.05, 3.63) is 131 Å². The smallest absolute Gasteiger partial charge is 0.271 e. The largest absolute Gasteiger partial charge is 0.508 e. The molecule has 3 unspecified atom stereocenters. The summed E-state index contributed by atoms with van der Waals surface area (Å²) >= 11 is 1.47.